The average molecular weight is 215 g/mol. The van der Waals surface area contributed by atoms with E-state index < -0.39 is 18.2 Å². The molecule has 0 aromatic carbocycles. The highest BCUT2D eigenvalue weighted by Gasteiger charge is 2.15. The minimum atomic E-state index is -2.76. The molecule has 1 heterocycles. The predicted octanol–water partition coefficient (Wildman–Crippen LogP) is 1.34. The number of aromatic nitrogens is 2. The summed E-state index contributed by atoms with van der Waals surface area (Å²) in [6.45, 7) is 1.77. The second-order valence-electron chi connectivity index (χ2n) is 2.84. The van der Waals surface area contributed by atoms with Gasteiger partial charge in [0.1, 0.15) is 5.69 Å². The average Bonchev–Trinajstić information content (AvgIpc) is 2.27. The summed E-state index contributed by atoms with van der Waals surface area (Å²) in [6.07, 6.45) is -2.29. The molecule has 0 fully saturated rings. The minimum absolute atomic E-state index is 0.0281. The number of carbonyl (C=O) groups is 1. The van der Waals surface area contributed by atoms with Crippen molar-refractivity contribution in [2.24, 2.45) is 0 Å². The number of rotatable bonds is 3. The van der Waals surface area contributed by atoms with Gasteiger partial charge in [0.15, 0.2) is 5.82 Å². The molecule has 0 aliphatic heterocycles. The standard InChI is InChI=1S/C9H11F2N3O/c1-3-5-4-6(9(15)12-2)14-8(13-5)7(10)11/h4,7H,3H2,1-2H3,(H,12,15). The third kappa shape index (κ3) is 2.68. The Morgan fingerprint density at radius 1 is 1.53 bits per heavy atom. The van der Waals surface area contributed by atoms with E-state index >= 15 is 0 Å². The van der Waals surface area contributed by atoms with Crippen molar-refractivity contribution in [3.8, 4) is 0 Å². The van der Waals surface area contributed by atoms with Crippen LogP contribution in [0.2, 0.25) is 0 Å². The van der Waals surface area contributed by atoms with Gasteiger partial charge in [0.2, 0.25) is 0 Å². The zero-order valence-corrected chi connectivity index (χ0v) is 8.42. The first-order valence-corrected chi connectivity index (χ1v) is 4.46. The molecule has 1 aromatic heterocycles. The largest absolute Gasteiger partial charge is 0.354 e. The van der Waals surface area contributed by atoms with Gasteiger partial charge in [-0.05, 0) is 12.5 Å². The molecule has 82 valence electrons. The van der Waals surface area contributed by atoms with Crippen molar-refractivity contribution in [3.05, 3.63) is 23.3 Å². The van der Waals surface area contributed by atoms with Gasteiger partial charge in [-0.15, -0.1) is 0 Å². The molecule has 0 bridgehead atoms. The summed E-state index contributed by atoms with van der Waals surface area (Å²) in [5.41, 5.74) is 0.401. The maximum absolute atomic E-state index is 12.4. The van der Waals surface area contributed by atoms with E-state index in [1.54, 1.807) is 6.92 Å². The first-order valence-electron chi connectivity index (χ1n) is 4.46. The fourth-order valence-electron chi connectivity index (χ4n) is 1.04. The highest BCUT2D eigenvalue weighted by Crippen LogP contribution is 2.15. The van der Waals surface area contributed by atoms with Crippen LogP contribution in [0.15, 0.2) is 6.07 Å². The zero-order chi connectivity index (χ0) is 11.4. The lowest BCUT2D eigenvalue weighted by Crippen LogP contribution is -2.20. The summed E-state index contributed by atoms with van der Waals surface area (Å²) in [7, 11) is 1.41. The van der Waals surface area contributed by atoms with Crippen molar-refractivity contribution in [1.29, 1.82) is 0 Å². The lowest BCUT2D eigenvalue weighted by atomic mass is 10.2. The number of nitrogens with one attached hydrogen (secondary N) is 1. The van der Waals surface area contributed by atoms with Crippen LogP contribution in [-0.2, 0) is 6.42 Å². The van der Waals surface area contributed by atoms with E-state index in [0.29, 0.717) is 12.1 Å². The van der Waals surface area contributed by atoms with E-state index in [1.807, 2.05) is 0 Å². The van der Waals surface area contributed by atoms with Gasteiger partial charge in [-0.25, -0.2) is 18.7 Å². The van der Waals surface area contributed by atoms with E-state index in [1.165, 1.54) is 13.1 Å². The van der Waals surface area contributed by atoms with E-state index in [2.05, 4.69) is 15.3 Å². The molecule has 1 aromatic rings. The van der Waals surface area contributed by atoms with Gasteiger partial charge in [-0.2, -0.15) is 0 Å². The van der Waals surface area contributed by atoms with Crippen molar-refractivity contribution in [3.63, 3.8) is 0 Å². The van der Waals surface area contributed by atoms with Crippen molar-refractivity contribution in [1.82, 2.24) is 15.3 Å². The van der Waals surface area contributed by atoms with E-state index in [4.69, 9.17) is 0 Å². The number of aryl methyl sites for hydroxylation is 1. The number of alkyl halides is 2. The highest BCUT2D eigenvalue weighted by atomic mass is 19.3. The number of amides is 1. The molecule has 0 saturated carbocycles. The molecule has 4 nitrogen and oxygen atoms in total. The second kappa shape index (κ2) is 4.77. The smallest absolute Gasteiger partial charge is 0.297 e. The van der Waals surface area contributed by atoms with Gasteiger partial charge < -0.3 is 5.32 Å². The Balaban J connectivity index is 3.17. The van der Waals surface area contributed by atoms with E-state index in [9.17, 15) is 13.6 Å². The summed E-state index contributed by atoms with van der Waals surface area (Å²) >= 11 is 0. The Bertz CT molecular complexity index is 368. The van der Waals surface area contributed by atoms with Crippen LogP contribution < -0.4 is 5.32 Å². The molecular formula is C9H11F2N3O. The summed E-state index contributed by atoms with van der Waals surface area (Å²) in [6, 6.07) is 1.41. The molecule has 0 aliphatic rings. The van der Waals surface area contributed by atoms with E-state index in [-0.39, 0.29) is 5.69 Å². The molecule has 0 radical (unpaired) electrons. The van der Waals surface area contributed by atoms with Crippen molar-refractivity contribution in [2.45, 2.75) is 19.8 Å². The van der Waals surface area contributed by atoms with Crippen molar-refractivity contribution >= 4 is 5.91 Å². The van der Waals surface area contributed by atoms with Gasteiger partial charge in [0.05, 0.1) is 0 Å². The Hall–Kier alpha value is -1.59. The third-order valence-electron chi connectivity index (χ3n) is 1.81. The van der Waals surface area contributed by atoms with Crippen molar-refractivity contribution < 1.29 is 13.6 Å². The number of nitrogens with zero attached hydrogens (tertiary/aromatic N) is 2. The highest BCUT2D eigenvalue weighted by molar-refractivity contribution is 5.92. The molecule has 1 rings (SSSR count). The molecule has 1 N–H and O–H groups in total. The van der Waals surface area contributed by atoms with E-state index in [0.717, 1.165) is 0 Å². The molecule has 15 heavy (non-hydrogen) atoms. The molecule has 0 spiro atoms. The molecule has 1 amide bonds. The van der Waals surface area contributed by atoms with Crippen LogP contribution in [0.3, 0.4) is 0 Å². The molecule has 0 unspecified atom stereocenters. The van der Waals surface area contributed by atoms with Crippen LogP contribution in [-0.4, -0.2) is 22.9 Å². The van der Waals surface area contributed by atoms with Gasteiger partial charge in [0.25, 0.3) is 12.3 Å². The Morgan fingerprint density at radius 2 is 2.20 bits per heavy atom. The first-order chi connectivity index (χ1) is 7.08. The van der Waals surface area contributed by atoms with Crippen molar-refractivity contribution in [2.75, 3.05) is 7.05 Å². The molecule has 0 aliphatic carbocycles. The van der Waals surface area contributed by atoms with Crippen LogP contribution in [0.25, 0.3) is 0 Å². The fourth-order valence-corrected chi connectivity index (χ4v) is 1.04. The van der Waals surface area contributed by atoms with Crippen LogP contribution in [0.5, 0.6) is 0 Å². The Labute approximate surface area is 85.7 Å². The zero-order valence-electron chi connectivity index (χ0n) is 8.42. The van der Waals surface area contributed by atoms with Gasteiger partial charge in [-0.1, -0.05) is 6.92 Å². The lowest BCUT2D eigenvalue weighted by Gasteiger charge is -2.05. The minimum Gasteiger partial charge on any atom is -0.354 e. The fraction of sp³-hybridized carbons (Fsp3) is 0.444. The first kappa shape index (κ1) is 11.5. The van der Waals surface area contributed by atoms with Crippen LogP contribution in [0.1, 0.15) is 35.4 Å². The summed E-state index contributed by atoms with van der Waals surface area (Å²) < 4.78 is 24.7. The molecular weight excluding hydrogens is 204 g/mol. The number of hydrogen-bond donors (Lipinski definition) is 1. The SMILES string of the molecule is CCc1cc(C(=O)NC)nc(C(F)F)n1. The third-order valence-corrected chi connectivity index (χ3v) is 1.81. The number of hydrogen-bond acceptors (Lipinski definition) is 3. The lowest BCUT2D eigenvalue weighted by molar-refractivity contribution is 0.0955. The number of halogens is 2. The van der Waals surface area contributed by atoms with Gasteiger partial charge in [-0.3, -0.25) is 4.79 Å². The molecule has 0 saturated heterocycles. The maximum Gasteiger partial charge on any atom is 0.297 e. The summed E-state index contributed by atoms with van der Waals surface area (Å²) in [4.78, 5) is 18.3. The maximum atomic E-state index is 12.4. The monoisotopic (exact) mass is 215 g/mol. The topological polar surface area (TPSA) is 54.9 Å². The summed E-state index contributed by atoms with van der Waals surface area (Å²) in [5.74, 6) is -1.10. The molecule has 6 heteroatoms. The van der Waals surface area contributed by atoms with Gasteiger partial charge >= 0.3 is 0 Å². The second-order valence-corrected chi connectivity index (χ2v) is 2.84. The number of carbonyl (C=O) groups excluding carboxylic acids is 1. The van der Waals surface area contributed by atoms with Crippen LogP contribution in [0, 0.1) is 0 Å². The van der Waals surface area contributed by atoms with Gasteiger partial charge in [0, 0.05) is 12.7 Å². The van der Waals surface area contributed by atoms with Crippen LogP contribution in [0.4, 0.5) is 8.78 Å². The predicted molar refractivity (Wildman–Crippen MR) is 49.8 cm³/mol. The summed E-state index contributed by atoms with van der Waals surface area (Å²) in [5, 5.41) is 2.32. The normalized spacial score (nSPS) is 10.5. The Morgan fingerprint density at radius 3 is 2.67 bits per heavy atom. The molecule has 0 atom stereocenters. The quantitative estimate of drug-likeness (QED) is 0.827. The Kier molecular flexibility index (Phi) is 3.65. The van der Waals surface area contributed by atoms with Crippen LogP contribution >= 0.6 is 0 Å².